The fourth-order valence-electron chi connectivity index (χ4n) is 2.54. The molecule has 1 aliphatic rings. The average molecular weight is 291 g/mol. The zero-order valence-corrected chi connectivity index (χ0v) is 11.0. The van der Waals surface area contributed by atoms with E-state index in [-0.39, 0.29) is 23.4 Å². The number of anilines is 1. The Hall–Kier alpha value is -2.57. The number of aromatic nitrogens is 2. The number of H-pyrrole nitrogens is 1. The van der Waals surface area contributed by atoms with E-state index in [9.17, 15) is 18.4 Å². The Kier molecular flexibility index (Phi) is 3.04. The van der Waals surface area contributed by atoms with Gasteiger partial charge >= 0.3 is 0 Å². The molecule has 1 atom stereocenters. The van der Waals surface area contributed by atoms with Crippen LogP contribution in [0.2, 0.25) is 0 Å². The van der Waals surface area contributed by atoms with Gasteiger partial charge in [0.15, 0.2) is 11.6 Å². The lowest BCUT2D eigenvalue weighted by molar-refractivity contribution is -0.116. The Morgan fingerprint density at radius 3 is 2.81 bits per heavy atom. The van der Waals surface area contributed by atoms with E-state index in [1.807, 2.05) is 0 Å². The molecule has 2 N–H and O–H groups in total. The number of fused-ring (bicyclic) bond motifs is 1. The third-order valence-electron chi connectivity index (χ3n) is 3.43. The minimum Gasteiger partial charge on any atom is -0.310 e. The van der Waals surface area contributed by atoms with Crippen LogP contribution >= 0.6 is 0 Å². The Morgan fingerprint density at radius 1 is 1.29 bits per heavy atom. The normalized spacial score (nSPS) is 17.3. The first-order valence-electron chi connectivity index (χ1n) is 6.32. The van der Waals surface area contributed by atoms with Crippen LogP contribution in [-0.4, -0.2) is 15.9 Å². The van der Waals surface area contributed by atoms with Gasteiger partial charge in [-0.05, 0) is 18.6 Å². The summed E-state index contributed by atoms with van der Waals surface area (Å²) in [4.78, 5) is 30.4. The van der Waals surface area contributed by atoms with Gasteiger partial charge in [-0.25, -0.2) is 13.8 Å². The highest BCUT2D eigenvalue weighted by molar-refractivity contribution is 5.94. The zero-order valence-electron chi connectivity index (χ0n) is 11.0. The van der Waals surface area contributed by atoms with E-state index in [0.717, 1.165) is 6.07 Å². The van der Waals surface area contributed by atoms with Crippen LogP contribution in [0.4, 0.5) is 14.6 Å². The van der Waals surface area contributed by atoms with Gasteiger partial charge in [-0.3, -0.25) is 9.59 Å². The summed E-state index contributed by atoms with van der Waals surface area (Å²) in [5, 5.41) is 2.49. The molecule has 0 saturated heterocycles. The molecule has 0 saturated carbocycles. The Balaban J connectivity index is 2.24. The number of carbonyl (C=O) groups excluding carboxylic acids is 1. The molecule has 0 radical (unpaired) electrons. The van der Waals surface area contributed by atoms with Crippen LogP contribution in [-0.2, 0) is 4.79 Å². The van der Waals surface area contributed by atoms with Crippen LogP contribution in [0.15, 0.2) is 23.0 Å². The fraction of sp³-hybridized carbons (Fsp3) is 0.214. The average Bonchev–Trinajstić information content (AvgIpc) is 2.40. The Morgan fingerprint density at radius 2 is 2.05 bits per heavy atom. The summed E-state index contributed by atoms with van der Waals surface area (Å²) in [5.74, 6) is -2.89. The predicted molar refractivity (Wildman–Crippen MR) is 71.0 cm³/mol. The summed E-state index contributed by atoms with van der Waals surface area (Å²) in [5.41, 5.74) is -0.349. The van der Waals surface area contributed by atoms with Crippen LogP contribution < -0.4 is 10.9 Å². The summed E-state index contributed by atoms with van der Waals surface area (Å²) in [6.45, 7) is 1.57. The third-order valence-corrected chi connectivity index (χ3v) is 3.43. The van der Waals surface area contributed by atoms with Crippen molar-refractivity contribution in [1.82, 2.24) is 9.97 Å². The van der Waals surface area contributed by atoms with Gasteiger partial charge in [0.05, 0.1) is 5.56 Å². The molecule has 7 heteroatoms. The van der Waals surface area contributed by atoms with Gasteiger partial charge in [0.25, 0.3) is 5.56 Å². The number of hydrogen-bond acceptors (Lipinski definition) is 3. The largest absolute Gasteiger partial charge is 0.310 e. The van der Waals surface area contributed by atoms with Gasteiger partial charge in [0, 0.05) is 12.3 Å². The first kappa shape index (κ1) is 13.4. The second kappa shape index (κ2) is 4.76. The van der Waals surface area contributed by atoms with Crippen molar-refractivity contribution in [1.29, 1.82) is 0 Å². The molecule has 1 amide bonds. The highest BCUT2D eigenvalue weighted by Crippen LogP contribution is 2.35. The molecule has 108 valence electrons. The number of nitrogens with zero attached hydrogens (tertiary/aromatic N) is 1. The van der Waals surface area contributed by atoms with Crippen LogP contribution in [0.25, 0.3) is 0 Å². The molecule has 2 aromatic rings. The molecule has 2 heterocycles. The maximum atomic E-state index is 14.0. The molecular weight excluding hydrogens is 280 g/mol. The number of hydrogen-bond donors (Lipinski definition) is 2. The summed E-state index contributed by atoms with van der Waals surface area (Å²) in [6, 6.07) is 3.70. The van der Waals surface area contributed by atoms with Gasteiger partial charge < -0.3 is 10.3 Å². The molecule has 0 fully saturated rings. The minimum atomic E-state index is -1.05. The lowest BCUT2D eigenvalue weighted by Gasteiger charge is -2.24. The van der Waals surface area contributed by atoms with Gasteiger partial charge in [-0.15, -0.1) is 0 Å². The first-order valence-corrected chi connectivity index (χ1v) is 6.32. The van der Waals surface area contributed by atoms with Gasteiger partial charge in [-0.2, -0.15) is 0 Å². The molecule has 3 rings (SSSR count). The number of aryl methyl sites for hydroxylation is 1. The number of halogens is 2. The SMILES string of the molecule is Cc1nc2c(c(=O)[nH]1)C(c1cccc(F)c1F)CC(=O)N2. The van der Waals surface area contributed by atoms with Crippen molar-refractivity contribution in [2.75, 3.05) is 5.32 Å². The number of amides is 1. The van der Waals surface area contributed by atoms with E-state index < -0.39 is 29.0 Å². The topological polar surface area (TPSA) is 74.8 Å². The van der Waals surface area contributed by atoms with Crippen molar-refractivity contribution < 1.29 is 13.6 Å². The number of aromatic amines is 1. The molecule has 21 heavy (non-hydrogen) atoms. The van der Waals surface area contributed by atoms with E-state index in [2.05, 4.69) is 15.3 Å². The van der Waals surface area contributed by atoms with Crippen LogP contribution in [0.3, 0.4) is 0 Å². The van der Waals surface area contributed by atoms with Gasteiger partial charge in [0.2, 0.25) is 5.91 Å². The monoisotopic (exact) mass is 291 g/mol. The Bertz CT molecular complexity index is 801. The molecule has 1 aromatic carbocycles. The molecule has 0 aliphatic carbocycles. The van der Waals surface area contributed by atoms with Crippen molar-refractivity contribution in [3.8, 4) is 0 Å². The quantitative estimate of drug-likeness (QED) is 0.841. The second-order valence-corrected chi connectivity index (χ2v) is 4.86. The molecule has 0 spiro atoms. The van der Waals surface area contributed by atoms with Crippen molar-refractivity contribution in [3.05, 3.63) is 57.1 Å². The van der Waals surface area contributed by atoms with Crippen molar-refractivity contribution in [2.45, 2.75) is 19.3 Å². The van der Waals surface area contributed by atoms with E-state index in [1.165, 1.54) is 12.1 Å². The molecule has 5 nitrogen and oxygen atoms in total. The van der Waals surface area contributed by atoms with E-state index in [0.29, 0.717) is 5.82 Å². The first-order chi connectivity index (χ1) is 9.97. The maximum Gasteiger partial charge on any atom is 0.256 e. The maximum absolute atomic E-state index is 14.0. The fourth-order valence-corrected chi connectivity index (χ4v) is 2.54. The van der Waals surface area contributed by atoms with Crippen molar-refractivity contribution in [2.24, 2.45) is 0 Å². The summed E-state index contributed by atoms with van der Waals surface area (Å²) < 4.78 is 27.4. The van der Waals surface area contributed by atoms with Crippen LogP contribution in [0.5, 0.6) is 0 Å². The lowest BCUT2D eigenvalue weighted by atomic mass is 9.86. The second-order valence-electron chi connectivity index (χ2n) is 4.86. The third kappa shape index (κ3) is 2.20. The van der Waals surface area contributed by atoms with Crippen LogP contribution in [0.1, 0.15) is 29.3 Å². The van der Waals surface area contributed by atoms with Crippen LogP contribution in [0, 0.1) is 18.6 Å². The van der Waals surface area contributed by atoms with Crippen molar-refractivity contribution >= 4 is 11.7 Å². The standard InChI is InChI=1S/C14H11F2N3O2/c1-6-17-13-11(14(21)18-6)8(5-10(20)19-13)7-3-2-4-9(15)12(7)16/h2-4,8H,5H2,1H3,(H2,17,18,19,20,21). The van der Waals surface area contributed by atoms with Crippen molar-refractivity contribution in [3.63, 3.8) is 0 Å². The summed E-state index contributed by atoms with van der Waals surface area (Å²) >= 11 is 0. The molecular formula is C14H11F2N3O2. The number of benzene rings is 1. The number of carbonyl (C=O) groups is 1. The van der Waals surface area contributed by atoms with E-state index >= 15 is 0 Å². The van der Waals surface area contributed by atoms with E-state index in [1.54, 1.807) is 6.92 Å². The highest BCUT2D eigenvalue weighted by atomic mass is 19.2. The van der Waals surface area contributed by atoms with Gasteiger partial charge in [0.1, 0.15) is 11.6 Å². The summed E-state index contributed by atoms with van der Waals surface area (Å²) in [7, 11) is 0. The highest BCUT2D eigenvalue weighted by Gasteiger charge is 2.32. The summed E-state index contributed by atoms with van der Waals surface area (Å²) in [6.07, 6.45) is -0.138. The molecule has 1 aliphatic heterocycles. The van der Waals surface area contributed by atoms with E-state index in [4.69, 9.17) is 0 Å². The minimum absolute atomic E-state index is 0.0257. The number of nitrogens with one attached hydrogen (secondary N) is 2. The lowest BCUT2D eigenvalue weighted by Crippen LogP contribution is -2.32. The molecule has 0 bridgehead atoms. The van der Waals surface area contributed by atoms with Gasteiger partial charge in [-0.1, -0.05) is 12.1 Å². The number of rotatable bonds is 1. The zero-order chi connectivity index (χ0) is 15.1. The molecule has 1 unspecified atom stereocenters. The molecule has 1 aromatic heterocycles. The smallest absolute Gasteiger partial charge is 0.256 e. The Labute approximate surface area is 118 Å². The predicted octanol–water partition coefficient (Wildman–Crippen LogP) is 1.83.